The largest absolute Gasteiger partial charge is 0.392 e. The predicted octanol–water partition coefficient (Wildman–Crippen LogP) is 2.79. The van der Waals surface area contributed by atoms with E-state index in [0.29, 0.717) is 0 Å². The minimum atomic E-state index is -0.0157. The van der Waals surface area contributed by atoms with Gasteiger partial charge in [-0.05, 0) is 50.6 Å². The summed E-state index contributed by atoms with van der Waals surface area (Å²) in [7, 11) is 0. The van der Waals surface area contributed by atoms with E-state index >= 15 is 0 Å². The Kier molecular flexibility index (Phi) is 5.60. The maximum Gasteiger partial charge on any atom is 0.227 e. The molecule has 0 unspecified atom stereocenters. The molecule has 0 radical (unpaired) electrons. The van der Waals surface area contributed by atoms with Crippen LogP contribution in [0, 0.1) is 12.8 Å². The van der Waals surface area contributed by atoms with Crippen LogP contribution < -0.4 is 5.32 Å². The SMILES string of the molecule is Cc1nc(CN2CCC(C(=O)Nc3cccc(CO)c3)CC2)cs1. The first kappa shape index (κ1) is 17.1. The van der Waals surface area contributed by atoms with Gasteiger partial charge in [0.15, 0.2) is 0 Å². The molecule has 2 heterocycles. The minimum Gasteiger partial charge on any atom is -0.392 e. The number of aromatic nitrogens is 1. The van der Waals surface area contributed by atoms with Crippen molar-refractivity contribution in [2.75, 3.05) is 18.4 Å². The van der Waals surface area contributed by atoms with E-state index in [4.69, 9.17) is 0 Å². The van der Waals surface area contributed by atoms with Gasteiger partial charge >= 0.3 is 0 Å². The molecule has 24 heavy (non-hydrogen) atoms. The fraction of sp³-hybridized carbons (Fsp3) is 0.444. The van der Waals surface area contributed by atoms with Crippen molar-refractivity contribution in [2.45, 2.75) is 32.9 Å². The number of nitrogens with one attached hydrogen (secondary N) is 1. The Bertz CT molecular complexity index is 693. The number of piperidine rings is 1. The van der Waals surface area contributed by atoms with Crippen LogP contribution in [0.5, 0.6) is 0 Å². The summed E-state index contributed by atoms with van der Waals surface area (Å²) in [6.45, 7) is 4.72. The molecule has 1 saturated heterocycles. The summed E-state index contributed by atoms with van der Waals surface area (Å²) < 4.78 is 0. The number of amides is 1. The number of likely N-dealkylation sites (tertiary alicyclic amines) is 1. The molecule has 1 aromatic carbocycles. The molecule has 1 aliphatic rings. The van der Waals surface area contributed by atoms with Gasteiger partial charge in [0, 0.05) is 23.5 Å². The molecule has 0 spiro atoms. The number of rotatable bonds is 5. The second-order valence-corrected chi connectivity index (χ2v) is 7.32. The molecule has 0 bridgehead atoms. The zero-order valence-electron chi connectivity index (χ0n) is 13.9. The van der Waals surface area contributed by atoms with Crippen LogP contribution in [0.1, 0.15) is 29.1 Å². The van der Waals surface area contributed by atoms with Crippen LogP contribution in [0.4, 0.5) is 5.69 Å². The molecular formula is C18H23N3O2S. The summed E-state index contributed by atoms with van der Waals surface area (Å²) in [5.74, 6) is 0.130. The van der Waals surface area contributed by atoms with E-state index in [-0.39, 0.29) is 18.4 Å². The lowest BCUT2D eigenvalue weighted by molar-refractivity contribution is -0.121. The Labute approximate surface area is 146 Å². The van der Waals surface area contributed by atoms with Crippen molar-refractivity contribution in [3.05, 3.63) is 45.9 Å². The fourth-order valence-corrected chi connectivity index (χ4v) is 3.66. The molecule has 1 amide bonds. The number of benzene rings is 1. The second-order valence-electron chi connectivity index (χ2n) is 6.26. The van der Waals surface area contributed by atoms with E-state index in [1.54, 1.807) is 11.3 Å². The number of carbonyl (C=O) groups is 1. The normalized spacial score (nSPS) is 16.2. The summed E-state index contributed by atoms with van der Waals surface area (Å²) >= 11 is 1.68. The van der Waals surface area contributed by atoms with E-state index < -0.39 is 0 Å². The number of hydrogen-bond donors (Lipinski definition) is 2. The first-order chi connectivity index (χ1) is 11.6. The molecule has 3 rings (SSSR count). The van der Waals surface area contributed by atoms with Crippen LogP contribution in [-0.4, -0.2) is 34.0 Å². The monoisotopic (exact) mass is 345 g/mol. The van der Waals surface area contributed by atoms with Gasteiger partial charge in [-0.15, -0.1) is 11.3 Å². The summed E-state index contributed by atoms with van der Waals surface area (Å²) in [5.41, 5.74) is 2.69. The molecule has 2 N–H and O–H groups in total. The summed E-state index contributed by atoms with van der Waals surface area (Å²) in [4.78, 5) is 19.3. The van der Waals surface area contributed by atoms with Crippen molar-refractivity contribution < 1.29 is 9.90 Å². The average Bonchev–Trinajstić information content (AvgIpc) is 3.00. The Morgan fingerprint density at radius 3 is 2.88 bits per heavy atom. The Hall–Kier alpha value is -1.76. The van der Waals surface area contributed by atoms with Gasteiger partial charge in [0.05, 0.1) is 17.3 Å². The molecule has 5 nitrogen and oxygen atoms in total. The third-order valence-electron chi connectivity index (χ3n) is 4.39. The van der Waals surface area contributed by atoms with Crippen molar-refractivity contribution in [1.29, 1.82) is 0 Å². The lowest BCUT2D eigenvalue weighted by atomic mass is 9.95. The third kappa shape index (κ3) is 4.41. The van der Waals surface area contributed by atoms with Gasteiger partial charge in [0.1, 0.15) is 0 Å². The van der Waals surface area contributed by atoms with Crippen molar-refractivity contribution in [3.63, 3.8) is 0 Å². The van der Waals surface area contributed by atoms with Crippen LogP contribution in [-0.2, 0) is 17.9 Å². The molecule has 0 atom stereocenters. The number of aliphatic hydroxyl groups is 1. The number of hydrogen-bond acceptors (Lipinski definition) is 5. The van der Waals surface area contributed by atoms with E-state index in [9.17, 15) is 9.90 Å². The smallest absolute Gasteiger partial charge is 0.227 e. The highest BCUT2D eigenvalue weighted by Crippen LogP contribution is 2.22. The molecule has 128 valence electrons. The Morgan fingerprint density at radius 2 is 2.21 bits per heavy atom. The lowest BCUT2D eigenvalue weighted by Crippen LogP contribution is -2.37. The van der Waals surface area contributed by atoms with Crippen LogP contribution in [0.25, 0.3) is 0 Å². The Balaban J connectivity index is 1.49. The highest BCUT2D eigenvalue weighted by molar-refractivity contribution is 7.09. The van der Waals surface area contributed by atoms with E-state index in [2.05, 4.69) is 20.6 Å². The van der Waals surface area contributed by atoms with Crippen molar-refractivity contribution >= 4 is 22.9 Å². The molecular weight excluding hydrogens is 322 g/mol. The maximum atomic E-state index is 12.4. The number of nitrogens with zero attached hydrogens (tertiary/aromatic N) is 2. The zero-order chi connectivity index (χ0) is 16.9. The van der Waals surface area contributed by atoms with Crippen LogP contribution in [0.3, 0.4) is 0 Å². The molecule has 1 aliphatic heterocycles. The first-order valence-corrected chi connectivity index (χ1v) is 9.16. The topological polar surface area (TPSA) is 65.5 Å². The van der Waals surface area contributed by atoms with Crippen LogP contribution in [0.2, 0.25) is 0 Å². The van der Waals surface area contributed by atoms with Crippen LogP contribution in [0.15, 0.2) is 29.6 Å². The van der Waals surface area contributed by atoms with Gasteiger partial charge in [-0.2, -0.15) is 0 Å². The lowest BCUT2D eigenvalue weighted by Gasteiger charge is -2.30. The quantitative estimate of drug-likeness (QED) is 0.874. The number of anilines is 1. The highest BCUT2D eigenvalue weighted by atomic mass is 32.1. The van der Waals surface area contributed by atoms with Gasteiger partial charge in [0.25, 0.3) is 0 Å². The average molecular weight is 345 g/mol. The molecule has 1 aromatic heterocycles. The molecule has 6 heteroatoms. The fourth-order valence-electron chi connectivity index (χ4n) is 3.05. The number of carbonyl (C=O) groups excluding carboxylic acids is 1. The summed E-state index contributed by atoms with van der Waals surface area (Å²) in [6, 6.07) is 7.36. The van der Waals surface area contributed by atoms with Crippen molar-refractivity contribution in [1.82, 2.24) is 9.88 Å². The first-order valence-electron chi connectivity index (χ1n) is 8.28. The third-order valence-corrected chi connectivity index (χ3v) is 5.21. The van der Waals surface area contributed by atoms with Gasteiger partial charge in [-0.1, -0.05) is 12.1 Å². The van der Waals surface area contributed by atoms with Gasteiger partial charge in [0.2, 0.25) is 5.91 Å². The van der Waals surface area contributed by atoms with Gasteiger partial charge in [-0.25, -0.2) is 4.98 Å². The highest BCUT2D eigenvalue weighted by Gasteiger charge is 2.25. The van der Waals surface area contributed by atoms with E-state index in [1.807, 2.05) is 31.2 Å². The number of thiazole rings is 1. The van der Waals surface area contributed by atoms with E-state index in [1.165, 1.54) is 0 Å². The summed E-state index contributed by atoms with van der Waals surface area (Å²) in [5, 5.41) is 15.4. The zero-order valence-corrected chi connectivity index (χ0v) is 14.7. The van der Waals surface area contributed by atoms with Crippen molar-refractivity contribution in [3.8, 4) is 0 Å². The van der Waals surface area contributed by atoms with Gasteiger partial charge < -0.3 is 10.4 Å². The number of aliphatic hydroxyl groups excluding tert-OH is 1. The standard InChI is InChI=1S/C18H23N3O2S/c1-13-19-17(12-24-13)10-21-7-5-15(6-8-21)18(23)20-16-4-2-3-14(9-16)11-22/h2-4,9,12,15,22H,5-8,10-11H2,1H3,(H,20,23). The minimum absolute atomic E-state index is 0.0157. The van der Waals surface area contributed by atoms with Crippen molar-refractivity contribution in [2.24, 2.45) is 5.92 Å². The Morgan fingerprint density at radius 1 is 1.42 bits per heavy atom. The second kappa shape index (κ2) is 7.88. The molecule has 2 aromatic rings. The molecule has 1 fully saturated rings. The number of aryl methyl sites for hydroxylation is 1. The molecule has 0 saturated carbocycles. The maximum absolute atomic E-state index is 12.4. The predicted molar refractivity (Wildman–Crippen MR) is 95.8 cm³/mol. The van der Waals surface area contributed by atoms with Gasteiger partial charge in [-0.3, -0.25) is 9.69 Å². The van der Waals surface area contributed by atoms with Crippen LogP contribution >= 0.6 is 11.3 Å². The molecule has 0 aliphatic carbocycles. The van der Waals surface area contributed by atoms with E-state index in [0.717, 1.165) is 54.4 Å². The summed E-state index contributed by atoms with van der Waals surface area (Å²) in [6.07, 6.45) is 1.74.